The standard InChI is InChI=1S/C15H15NOS/c1-2-15(17)16(12-14-9-6-10-18-14)11-13-7-4-3-5-8-13/h2-10H,1,11-12H2. The predicted octanol–water partition coefficient (Wildman–Crippen LogP) is 3.46. The molecule has 18 heavy (non-hydrogen) atoms. The molecule has 1 aromatic heterocycles. The second kappa shape index (κ2) is 6.17. The summed E-state index contributed by atoms with van der Waals surface area (Å²) < 4.78 is 0. The molecule has 0 saturated heterocycles. The van der Waals surface area contributed by atoms with E-state index in [0.717, 1.165) is 5.56 Å². The number of hydrogen-bond donors (Lipinski definition) is 0. The monoisotopic (exact) mass is 257 g/mol. The summed E-state index contributed by atoms with van der Waals surface area (Å²) in [4.78, 5) is 14.8. The summed E-state index contributed by atoms with van der Waals surface area (Å²) in [7, 11) is 0. The molecule has 0 radical (unpaired) electrons. The van der Waals surface area contributed by atoms with Crippen LogP contribution in [0.2, 0.25) is 0 Å². The Bertz CT molecular complexity index is 505. The van der Waals surface area contributed by atoms with Crippen LogP contribution in [0, 0.1) is 0 Å². The highest BCUT2D eigenvalue weighted by Crippen LogP contribution is 2.14. The van der Waals surface area contributed by atoms with Crippen molar-refractivity contribution in [2.75, 3.05) is 0 Å². The van der Waals surface area contributed by atoms with Gasteiger partial charge in [0.05, 0.1) is 6.54 Å². The fourth-order valence-corrected chi connectivity index (χ4v) is 2.45. The molecule has 0 N–H and O–H groups in total. The van der Waals surface area contributed by atoms with Crippen LogP contribution in [0.4, 0.5) is 0 Å². The lowest BCUT2D eigenvalue weighted by molar-refractivity contribution is -0.127. The summed E-state index contributed by atoms with van der Waals surface area (Å²) in [6.07, 6.45) is 1.37. The number of amides is 1. The molecule has 0 spiro atoms. The topological polar surface area (TPSA) is 20.3 Å². The molecule has 2 nitrogen and oxygen atoms in total. The molecule has 0 aliphatic carbocycles. The zero-order valence-corrected chi connectivity index (χ0v) is 10.9. The van der Waals surface area contributed by atoms with Gasteiger partial charge in [-0.1, -0.05) is 43.0 Å². The van der Waals surface area contributed by atoms with E-state index in [-0.39, 0.29) is 5.91 Å². The van der Waals surface area contributed by atoms with Crippen LogP contribution >= 0.6 is 11.3 Å². The van der Waals surface area contributed by atoms with Gasteiger partial charge in [0.15, 0.2) is 0 Å². The molecule has 0 saturated carbocycles. The highest BCUT2D eigenvalue weighted by Gasteiger charge is 2.11. The van der Waals surface area contributed by atoms with Crippen LogP contribution in [-0.2, 0) is 17.9 Å². The first kappa shape index (κ1) is 12.6. The maximum absolute atomic E-state index is 11.9. The van der Waals surface area contributed by atoms with Gasteiger partial charge in [0.25, 0.3) is 0 Å². The Kier molecular flexibility index (Phi) is 4.31. The zero-order valence-electron chi connectivity index (χ0n) is 10.1. The predicted molar refractivity (Wildman–Crippen MR) is 75.2 cm³/mol. The van der Waals surface area contributed by atoms with Gasteiger partial charge in [-0.05, 0) is 23.1 Å². The minimum Gasteiger partial charge on any atom is -0.330 e. The van der Waals surface area contributed by atoms with Crippen LogP contribution in [0.25, 0.3) is 0 Å². The summed E-state index contributed by atoms with van der Waals surface area (Å²) in [6, 6.07) is 14.0. The summed E-state index contributed by atoms with van der Waals surface area (Å²) in [6.45, 7) is 4.82. The van der Waals surface area contributed by atoms with Gasteiger partial charge in [0.2, 0.25) is 5.91 Å². The van der Waals surface area contributed by atoms with Crippen molar-refractivity contribution >= 4 is 17.2 Å². The Labute approximate surface area is 111 Å². The Hall–Kier alpha value is -1.87. The molecule has 1 amide bonds. The first-order chi connectivity index (χ1) is 8.79. The quantitative estimate of drug-likeness (QED) is 0.751. The summed E-state index contributed by atoms with van der Waals surface area (Å²) in [5.74, 6) is -0.0350. The van der Waals surface area contributed by atoms with E-state index < -0.39 is 0 Å². The van der Waals surface area contributed by atoms with Crippen molar-refractivity contribution in [1.29, 1.82) is 0 Å². The van der Waals surface area contributed by atoms with Gasteiger partial charge in [-0.15, -0.1) is 11.3 Å². The third kappa shape index (κ3) is 3.31. The van der Waals surface area contributed by atoms with Gasteiger partial charge in [-0.2, -0.15) is 0 Å². The van der Waals surface area contributed by atoms with Gasteiger partial charge in [0.1, 0.15) is 0 Å². The molecule has 0 unspecified atom stereocenters. The molecule has 92 valence electrons. The minimum absolute atomic E-state index is 0.0350. The first-order valence-electron chi connectivity index (χ1n) is 5.77. The van der Waals surface area contributed by atoms with Crippen molar-refractivity contribution in [3.63, 3.8) is 0 Å². The smallest absolute Gasteiger partial charge is 0.246 e. The summed E-state index contributed by atoms with van der Waals surface area (Å²) in [5.41, 5.74) is 1.13. The molecule has 2 aromatic rings. The zero-order chi connectivity index (χ0) is 12.8. The molecule has 0 atom stereocenters. The average molecular weight is 257 g/mol. The van der Waals surface area contributed by atoms with E-state index >= 15 is 0 Å². The molecule has 0 bridgehead atoms. The van der Waals surface area contributed by atoms with E-state index in [4.69, 9.17) is 0 Å². The third-order valence-electron chi connectivity index (χ3n) is 2.63. The van der Waals surface area contributed by atoms with E-state index in [2.05, 4.69) is 6.58 Å². The van der Waals surface area contributed by atoms with Crippen molar-refractivity contribution in [3.05, 3.63) is 70.9 Å². The molecule has 2 rings (SSSR count). The molecular formula is C15H15NOS. The van der Waals surface area contributed by atoms with Crippen LogP contribution in [0.15, 0.2) is 60.5 Å². The lowest BCUT2D eigenvalue weighted by Crippen LogP contribution is -2.27. The number of carbonyl (C=O) groups excluding carboxylic acids is 1. The van der Waals surface area contributed by atoms with Crippen LogP contribution < -0.4 is 0 Å². The lowest BCUT2D eigenvalue weighted by Gasteiger charge is -2.20. The molecule has 0 aliphatic heterocycles. The van der Waals surface area contributed by atoms with Gasteiger partial charge < -0.3 is 4.90 Å². The van der Waals surface area contributed by atoms with Crippen molar-refractivity contribution in [3.8, 4) is 0 Å². The van der Waals surface area contributed by atoms with E-state index in [1.165, 1.54) is 11.0 Å². The van der Waals surface area contributed by atoms with Crippen molar-refractivity contribution in [1.82, 2.24) is 4.90 Å². The van der Waals surface area contributed by atoms with Gasteiger partial charge >= 0.3 is 0 Å². The number of carbonyl (C=O) groups is 1. The maximum Gasteiger partial charge on any atom is 0.246 e. The highest BCUT2D eigenvalue weighted by atomic mass is 32.1. The maximum atomic E-state index is 11.9. The Morgan fingerprint density at radius 2 is 1.94 bits per heavy atom. The first-order valence-corrected chi connectivity index (χ1v) is 6.65. The number of rotatable bonds is 5. The Balaban J connectivity index is 2.10. The van der Waals surface area contributed by atoms with Gasteiger partial charge in [-0.3, -0.25) is 4.79 Å². The number of hydrogen-bond acceptors (Lipinski definition) is 2. The van der Waals surface area contributed by atoms with E-state index in [0.29, 0.717) is 13.1 Å². The number of nitrogens with zero attached hydrogens (tertiary/aromatic N) is 1. The van der Waals surface area contributed by atoms with Gasteiger partial charge in [0, 0.05) is 11.4 Å². The van der Waals surface area contributed by atoms with Crippen molar-refractivity contribution in [2.24, 2.45) is 0 Å². The molecule has 1 aromatic carbocycles. The Morgan fingerprint density at radius 3 is 2.56 bits per heavy atom. The molecule has 3 heteroatoms. The Morgan fingerprint density at radius 1 is 1.17 bits per heavy atom. The normalized spacial score (nSPS) is 10.0. The minimum atomic E-state index is -0.0350. The average Bonchev–Trinajstić information content (AvgIpc) is 2.91. The van der Waals surface area contributed by atoms with Crippen LogP contribution in [-0.4, -0.2) is 10.8 Å². The molecule has 0 fully saturated rings. The number of benzene rings is 1. The molecule has 0 aliphatic rings. The lowest BCUT2D eigenvalue weighted by atomic mass is 10.2. The van der Waals surface area contributed by atoms with E-state index in [9.17, 15) is 4.79 Å². The fraction of sp³-hybridized carbons (Fsp3) is 0.133. The number of thiophene rings is 1. The second-order valence-electron chi connectivity index (χ2n) is 3.96. The molecular weight excluding hydrogens is 242 g/mol. The van der Waals surface area contributed by atoms with Crippen LogP contribution in [0.1, 0.15) is 10.4 Å². The van der Waals surface area contributed by atoms with Crippen LogP contribution in [0.3, 0.4) is 0 Å². The van der Waals surface area contributed by atoms with E-state index in [1.807, 2.05) is 47.8 Å². The highest BCUT2D eigenvalue weighted by molar-refractivity contribution is 7.09. The van der Waals surface area contributed by atoms with Gasteiger partial charge in [-0.25, -0.2) is 0 Å². The summed E-state index contributed by atoms with van der Waals surface area (Å²) >= 11 is 1.66. The largest absolute Gasteiger partial charge is 0.330 e. The summed E-state index contributed by atoms with van der Waals surface area (Å²) in [5, 5.41) is 2.02. The second-order valence-corrected chi connectivity index (χ2v) is 5.00. The van der Waals surface area contributed by atoms with Crippen molar-refractivity contribution < 1.29 is 4.79 Å². The van der Waals surface area contributed by atoms with E-state index in [1.54, 1.807) is 16.2 Å². The SMILES string of the molecule is C=CC(=O)N(Cc1ccccc1)Cc1cccs1. The third-order valence-corrected chi connectivity index (χ3v) is 3.49. The van der Waals surface area contributed by atoms with Crippen LogP contribution in [0.5, 0.6) is 0 Å². The van der Waals surface area contributed by atoms with Crippen molar-refractivity contribution in [2.45, 2.75) is 13.1 Å². The fourth-order valence-electron chi connectivity index (χ4n) is 1.74. The molecule has 1 heterocycles.